The molecule has 2 heterocycles. The van der Waals surface area contributed by atoms with Gasteiger partial charge in [0.25, 0.3) is 5.91 Å². The highest BCUT2D eigenvalue weighted by molar-refractivity contribution is 5.93. The van der Waals surface area contributed by atoms with Crippen LogP contribution in [0.25, 0.3) is 16.9 Å². The molecule has 0 bridgehead atoms. The molecular weight excluding hydrogens is 380 g/mol. The van der Waals surface area contributed by atoms with E-state index in [9.17, 15) is 4.79 Å². The molecule has 1 saturated carbocycles. The van der Waals surface area contributed by atoms with Gasteiger partial charge in [-0.15, -0.1) is 0 Å². The second-order valence-corrected chi connectivity index (χ2v) is 7.50. The fourth-order valence-corrected chi connectivity index (χ4v) is 4.01. The zero-order valence-electron chi connectivity index (χ0n) is 17.8. The van der Waals surface area contributed by atoms with E-state index in [0.717, 1.165) is 29.8 Å². The van der Waals surface area contributed by atoms with Crippen molar-refractivity contribution in [3.63, 3.8) is 0 Å². The average molecular weight is 409 g/mol. The molecule has 0 aliphatic heterocycles. The summed E-state index contributed by atoms with van der Waals surface area (Å²) in [5.74, 6) is 1.36. The lowest BCUT2D eigenvalue weighted by Crippen LogP contribution is -2.30. The van der Waals surface area contributed by atoms with E-state index in [1.807, 2.05) is 38.1 Å². The Kier molecular flexibility index (Phi) is 5.88. The van der Waals surface area contributed by atoms with E-state index in [0.29, 0.717) is 30.2 Å². The van der Waals surface area contributed by atoms with Gasteiger partial charge in [-0.1, -0.05) is 0 Å². The van der Waals surface area contributed by atoms with Crippen molar-refractivity contribution in [3.05, 3.63) is 42.2 Å². The third-order valence-electron chi connectivity index (χ3n) is 5.68. The number of carbonyl (C=O) groups is 1. The minimum atomic E-state index is -0.0866. The van der Waals surface area contributed by atoms with E-state index in [1.54, 1.807) is 28.8 Å². The van der Waals surface area contributed by atoms with Crippen LogP contribution in [0.15, 0.2) is 36.5 Å². The van der Waals surface area contributed by atoms with Crippen molar-refractivity contribution in [1.29, 1.82) is 0 Å². The maximum absolute atomic E-state index is 12.7. The third kappa shape index (κ3) is 3.84. The monoisotopic (exact) mass is 408 g/mol. The van der Waals surface area contributed by atoms with Gasteiger partial charge < -0.3 is 14.4 Å². The van der Waals surface area contributed by atoms with E-state index >= 15 is 0 Å². The number of aromatic nitrogens is 3. The van der Waals surface area contributed by atoms with E-state index < -0.39 is 0 Å². The van der Waals surface area contributed by atoms with Gasteiger partial charge in [-0.3, -0.25) is 4.79 Å². The lowest BCUT2D eigenvalue weighted by atomic mass is 10.1. The number of methoxy groups -OCH3 is 1. The molecule has 158 valence electrons. The summed E-state index contributed by atoms with van der Waals surface area (Å²) in [6, 6.07) is 9.51. The van der Waals surface area contributed by atoms with Gasteiger partial charge in [-0.25, -0.2) is 9.50 Å². The van der Waals surface area contributed by atoms with Crippen molar-refractivity contribution in [1.82, 2.24) is 19.5 Å². The van der Waals surface area contributed by atoms with Gasteiger partial charge >= 0.3 is 0 Å². The van der Waals surface area contributed by atoms with Crippen LogP contribution in [-0.4, -0.2) is 51.7 Å². The van der Waals surface area contributed by atoms with Crippen LogP contribution in [0.3, 0.4) is 0 Å². The minimum Gasteiger partial charge on any atom is -0.493 e. The molecule has 0 saturated heterocycles. The summed E-state index contributed by atoms with van der Waals surface area (Å²) >= 11 is 0. The Morgan fingerprint density at radius 1 is 1.13 bits per heavy atom. The lowest BCUT2D eigenvalue weighted by Gasteiger charge is -2.17. The highest BCUT2D eigenvalue weighted by atomic mass is 16.5. The molecule has 30 heavy (non-hydrogen) atoms. The summed E-state index contributed by atoms with van der Waals surface area (Å²) in [6.07, 6.45) is 6.52. The van der Waals surface area contributed by atoms with Crippen LogP contribution in [0.1, 0.15) is 50.0 Å². The Hall–Kier alpha value is -3.09. The van der Waals surface area contributed by atoms with Gasteiger partial charge in [0.15, 0.2) is 22.8 Å². The van der Waals surface area contributed by atoms with Crippen LogP contribution in [0.2, 0.25) is 0 Å². The molecule has 1 aliphatic carbocycles. The van der Waals surface area contributed by atoms with Crippen molar-refractivity contribution in [2.45, 2.75) is 45.6 Å². The van der Waals surface area contributed by atoms with Gasteiger partial charge in [0.1, 0.15) is 0 Å². The number of benzene rings is 1. The largest absolute Gasteiger partial charge is 0.493 e. The first-order chi connectivity index (χ1) is 14.6. The molecule has 7 nitrogen and oxygen atoms in total. The summed E-state index contributed by atoms with van der Waals surface area (Å²) in [5.41, 5.74) is 2.81. The number of hydrogen-bond acceptors (Lipinski definition) is 5. The first kappa shape index (κ1) is 20.2. The molecule has 0 spiro atoms. The molecule has 0 unspecified atom stereocenters. The number of amides is 1. The number of nitrogens with zero attached hydrogens (tertiary/aromatic N) is 4. The Labute approximate surface area is 176 Å². The number of carbonyl (C=O) groups excluding carboxylic acids is 1. The second kappa shape index (κ2) is 8.73. The Morgan fingerprint density at radius 2 is 1.90 bits per heavy atom. The standard InChI is InChI=1S/C23H28N4O3/c1-4-26(5-2)23(28)18-15-22-24-13-12-19(27(22)25-18)16-10-11-20(29-3)21(14-16)30-17-8-6-7-9-17/h10-15,17H,4-9H2,1-3H3. The highest BCUT2D eigenvalue weighted by Crippen LogP contribution is 2.35. The molecule has 1 fully saturated rings. The molecule has 1 aliphatic rings. The first-order valence-corrected chi connectivity index (χ1v) is 10.6. The molecular formula is C23H28N4O3. The third-order valence-corrected chi connectivity index (χ3v) is 5.68. The molecule has 0 atom stereocenters. The fraction of sp³-hybridized carbons (Fsp3) is 0.435. The summed E-state index contributed by atoms with van der Waals surface area (Å²) < 4.78 is 13.5. The molecule has 4 rings (SSSR count). The van der Waals surface area contributed by atoms with Crippen molar-refractivity contribution in [2.75, 3.05) is 20.2 Å². The molecule has 2 aromatic heterocycles. The zero-order chi connectivity index (χ0) is 21.1. The summed E-state index contributed by atoms with van der Waals surface area (Å²) in [5, 5.41) is 4.57. The smallest absolute Gasteiger partial charge is 0.274 e. The molecule has 7 heteroatoms. The van der Waals surface area contributed by atoms with Crippen molar-refractivity contribution in [2.24, 2.45) is 0 Å². The number of hydrogen-bond donors (Lipinski definition) is 0. The second-order valence-electron chi connectivity index (χ2n) is 7.50. The van der Waals surface area contributed by atoms with E-state index in [1.165, 1.54) is 12.8 Å². The number of ether oxygens (including phenoxy) is 2. The SMILES string of the molecule is CCN(CC)C(=O)c1cc2nccc(-c3ccc(OC)c(OC4CCCC4)c3)n2n1. The number of rotatable bonds is 7. The minimum absolute atomic E-state index is 0.0866. The topological polar surface area (TPSA) is 69.0 Å². The van der Waals surface area contributed by atoms with Crippen molar-refractivity contribution in [3.8, 4) is 22.8 Å². The van der Waals surface area contributed by atoms with E-state index in [-0.39, 0.29) is 12.0 Å². The summed E-state index contributed by atoms with van der Waals surface area (Å²) in [6.45, 7) is 5.21. The fourth-order valence-electron chi connectivity index (χ4n) is 4.01. The van der Waals surface area contributed by atoms with Gasteiger partial charge in [0, 0.05) is 30.9 Å². The first-order valence-electron chi connectivity index (χ1n) is 10.6. The molecule has 0 N–H and O–H groups in total. The van der Waals surface area contributed by atoms with Crippen molar-refractivity contribution < 1.29 is 14.3 Å². The Bertz CT molecular complexity index is 1040. The quantitative estimate of drug-likeness (QED) is 0.586. The van der Waals surface area contributed by atoms with E-state index in [4.69, 9.17) is 9.47 Å². The summed E-state index contributed by atoms with van der Waals surface area (Å²) in [4.78, 5) is 18.9. The molecule has 0 radical (unpaired) electrons. The Balaban J connectivity index is 1.73. The predicted molar refractivity (Wildman–Crippen MR) is 115 cm³/mol. The van der Waals surface area contributed by atoms with Crippen LogP contribution in [0.4, 0.5) is 0 Å². The highest BCUT2D eigenvalue weighted by Gasteiger charge is 2.21. The maximum atomic E-state index is 12.7. The number of fused-ring (bicyclic) bond motifs is 1. The molecule has 3 aromatic rings. The normalized spacial score (nSPS) is 14.2. The van der Waals surface area contributed by atoms with Crippen molar-refractivity contribution >= 4 is 11.6 Å². The van der Waals surface area contributed by atoms with Crippen LogP contribution in [0, 0.1) is 0 Å². The predicted octanol–water partition coefficient (Wildman–Crippen LogP) is 4.21. The van der Waals surface area contributed by atoms with Crippen LogP contribution in [0.5, 0.6) is 11.5 Å². The van der Waals surface area contributed by atoms with Gasteiger partial charge in [0.05, 0.1) is 18.9 Å². The maximum Gasteiger partial charge on any atom is 0.274 e. The van der Waals surface area contributed by atoms with Gasteiger partial charge in [-0.05, 0) is 63.8 Å². The van der Waals surface area contributed by atoms with Gasteiger partial charge in [0.2, 0.25) is 0 Å². The van der Waals surface area contributed by atoms with E-state index in [2.05, 4.69) is 10.1 Å². The Morgan fingerprint density at radius 3 is 2.60 bits per heavy atom. The average Bonchev–Trinajstić information content (AvgIpc) is 3.44. The zero-order valence-corrected chi connectivity index (χ0v) is 17.8. The van der Waals surface area contributed by atoms with Crippen LogP contribution in [-0.2, 0) is 0 Å². The lowest BCUT2D eigenvalue weighted by molar-refractivity contribution is 0.0767. The molecule has 1 amide bonds. The van der Waals surface area contributed by atoms with Crippen LogP contribution < -0.4 is 9.47 Å². The van der Waals surface area contributed by atoms with Gasteiger partial charge in [-0.2, -0.15) is 5.10 Å². The summed E-state index contributed by atoms with van der Waals surface area (Å²) in [7, 11) is 1.65. The van der Waals surface area contributed by atoms with Crippen LogP contribution >= 0.6 is 0 Å². The molecule has 1 aromatic carbocycles.